The molecule has 2 aromatic rings. The molecular formula is C17H21BrN2S. The van der Waals surface area contributed by atoms with Gasteiger partial charge in [-0.15, -0.1) is 11.3 Å². The van der Waals surface area contributed by atoms with E-state index in [9.17, 15) is 0 Å². The van der Waals surface area contributed by atoms with Crippen molar-refractivity contribution in [2.24, 2.45) is 0 Å². The molecule has 0 aliphatic heterocycles. The van der Waals surface area contributed by atoms with Crippen molar-refractivity contribution in [3.8, 4) is 10.6 Å². The van der Waals surface area contributed by atoms with Crippen molar-refractivity contribution in [1.29, 1.82) is 0 Å². The summed E-state index contributed by atoms with van der Waals surface area (Å²) < 4.78 is 1.10. The first kappa shape index (κ1) is 15.2. The normalized spacial score (nSPS) is 15.4. The highest BCUT2D eigenvalue weighted by molar-refractivity contribution is 9.10. The highest BCUT2D eigenvalue weighted by atomic mass is 79.9. The van der Waals surface area contributed by atoms with Gasteiger partial charge in [0.05, 0.1) is 5.69 Å². The van der Waals surface area contributed by atoms with Crippen molar-refractivity contribution in [2.45, 2.75) is 51.6 Å². The number of hydrogen-bond donors (Lipinski definition) is 1. The van der Waals surface area contributed by atoms with Crippen molar-refractivity contribution >= 4 is 27.3 Å². The zero-order valence-corrected chi connectivity index (χ0v) is 15.1. The molecule has 0 amide bonds. The van der Waals surface area contributed by atoms with Gasteiger partial charge in [0.25, 0.3) is 0 Å². The SMILES string of the molecule is CC(C)(C)c1nc(-c2cccc(Br)c2)sc1CNC1CC1. The summed E-state index contributed by atoms with van der Waals surface area (Å²) in [5.74, 6) is 0. The first-order valence-electron chi connectivity index (χ1n) is 7.43. The van der Waals surface area contributed by atoms with Gasteiger partial charge in [-0.25, -0.2) is 4.98 Å². The lowest BCUT2D eigenvalue weighted by Crippen LogP contribution is -2.19. The van der Waals surface area contributed by atoms with Crippen molar-refractivity contribution in [2.75, 3.05) is 0 Å². The largest absolute Gasteiger partial charge is 0.309 e. The molecular weight excluding hydrogens is 344 g/mol. The molecule has 0 radical (unpaired) electrons. The van der Waals surface area contributed by atoms with Crippen LogP contribution in [0.1, 0.15) is 44.2 Å². The molecule has 1 heterocycles. The molecule has 1 aliphatic rings. The van der Waals surface area contributed by atoms with Gasteiger partial charge in [0.1, 0.15) is 5.01 Å². The fraction of sp³-hybridized carbons (Fsp3) is 0.471. The van der Waals surface area contributed by atoms with E-state index >= 15 is 0 Å². The van der Waals surface area contributed by atoms with Crippen LogP contribution in [0.15, 0.2) is 28.7 Å². The summed E-state index contributed by atoms with van der Waals surface area (Å²) in [6, 6.07) is 9.13. The molecule has 4 heteroatoms. The van der Waals surface area contributed by atoms with Crippen molar-refractivity contribution < 1.29 is 0 Å². The van der Waals surface area contributed by atoms with E-state index in [1.165, 1.54) is 29.0 Å². The van der Waals surface area contributed by atoms with Crippen LogP contribution in [0.3, 0.4) is 0 Å². The van der Waals surface area contributed by atoms with Gasteiger partial charge in [-0.1, -0.05) is 48.8 Å². The summed E-state index contributed by atoms with van der Waals surface area (Å²) in [5.41, 5.74) is 2.51. The second-order valence-corrected chi connectivity index (χ2v) is 8.71. The maximum atomic E-state index is 4.95. The Kier molecular flexibility index (Phi) is 4.21. The fourth-order valence-corrected chi connectivity index (χ4v) is 3.95. The van der Waals surface area contributed by atoms with Crippen molar-refractivity contribution in [1.82, 2.24) is 10.3 Å². The number of benzene rings is 1. The molecule has 1 fully saturated rings. The third kappa shape index (κ3) is 3.74. The number of nitrogens with one attached hydrogen (secondary N) is 1. The molecule has 0 saturated heterocycles. The Bertz CT molecular complexity index is 638. The molecule has 3 rings (SSSR count). The smallest absolute Gasteiger partial charge is 0.123 e. The second-order valence-electron chi connectivity index (χ2n) is 6.71. The number of nitrogens with zero attached hydrogens (tertiary/aromatic N) is 1. The van der Waals surface area contributed by atoms with Crippen LogP contribution in [-0.2, 0) is 12.0 Å². The van der Waals surface area contributed by atoms with Gasteiger partial charge in [-0.2, -0.15) is 0 Å². The third-order valence-corrected chi connectivity index (χ3v) is 5.21. The molecule has 1 aliphatic carbocycles. The maximum absolute atomic E-state index is 4.95. The minimum atomic E-state index is 0.0846. The van der Waals surface area contributed by atoms with E-state index in [-0.39, 0.29) is 5.41 Å². The van der Waals surface area contributed by atoms with Gasteiger partial charge in [0.15, 0.2) is 0 Å². The number of hydrogen-bond acceptors (Lipinski definition) is 3. The monoisotopic (exact) mass is 364 g/mol. The van der Waals surface area contributed by atoms with Crippen LogP contribution < -0.4 is 5.32 Å². The molecule has 21 heavy (non-hydrogen) atoms. The van der Waals surface area contributed by atoms with Crippen LogP contribution in [0.25, 0.3) is 10.6 Å². The van der Waals surface area contributed by atoms with Crippen LogP contribution in [-0.4, -0.2) is 11.0 Å². The van der Waals surface area contributed by atoms with Gasteiger partial charge in [-0.3, -0.25) is 0 Å². The second kappa shape index (κ2) is 5.82. The molecule has 1 aromatic carbocycles. The molecule has 1 N–H and O–H groups in total. The summed E-state index contributed by atoms with van der Waals surface area (Å²) >= 11 is 5.37. The summed E-state index contributed by atoms with van der Waals surface area (Å²) in [5, 5.41) is 4.74. The van der Waals surface area contributed by atoms with Crippen LogP contribution in [0.4, 0.5) is 0 Å². The van der Waals surface area contributed by atoms with Gasteiger partial charge < -0.3 is 5.32 Å². The van der Waals surface area contributed by atoms with Gasteiger partial charge >= 0.3 is 0 Å². The Morgan fingerprint density at radius 2 is 2.10 bits per heavy atom. The lowest BCUT2D eigenvalue weighted by Gasteiger charge is -2.17. The Morgan fingerprint density at radius 1 is 1.33 bits per heavy atom. The van der Waals surface area contributed by atoms with E-state index in [0.29, 0.717) is 0 Å². The highest BCUT2D eigenvalue weighted by Gasteiger charge is 2.26. The first-order chi connectivity index (χ1) is 9.93. The minimum absolute atomic E-state index is 0.0846. The van der Waals surface area contributed by atoms with Crippen molar-refractivity contribution in [3.05, 3.63) is 39.3 Å². The summed E-state index contributed by atoms with van der Waals surface area (Å²) in [6.45, 7) is 7.68. The van der Waals surface area contributed by atoms with Crippen LogP contribution in [0, 0.1) is 0 Å². The van der Waals surface area contributed by atoms with E-state index in [2.05, 4.69) is 66.3 Å². The predicted molar refractivity (Wildman–Crippen MR) is 93.8 cm³/mol. The average molecular weight is 365 g/mol. The van der Waals surface area contributed by atoms with E-state index in [1.807, 2.05) is 11.3 Å². The lowest BCUT2D eigenvalue weighted by molar-refractivity contribution is 0.559. The van der Waals surface area contributed by atoms with Gasteiger partial charge in [-0.05, 0) is 25.0 Å². The van der Waals surface area contributed by atoms with E-state index in [0.717, 1.165) is 22.1 Å². The standard InChI is InChI=1S/C17H21BrN2S/c1-17(2,3)15-14(10-19-13-7-8-13)21-16(20-15)11-5-4-6-12(18)9-11/h4-6,9,13,19H,7-8,10H2,1-3H3. The van der Waals surface area contributed by atoms with Gasteiger partial charge in [0, 0.05) is 32.9 Å². The Hall–Kier alpha value is -0.710. The lowest BCUT2D eigenvalue weighted by atomic mass is 9.91. The van der Waals surface area contributed by atoms with E-state index in [4.69, 9.17) is 4.98 Å². The molecule has 0 atom stereocenters. The predicted octanol–water partition coefficient (Wildman–Crippen LogP) is 5.12. The molecule has 0 bridgehead atoms. The quantitative estimate of drug-likeness (QED) is 0.813. The summed E-state index contributed by atoms with van der Waals surface area (Å²) in [7, 11) is 0. The summed E-state index contributed by atoms with van der Waals surface area (Å²) in [6.07, 6.45) is 2.64. The van der Waals surface area contributed by atoms with E-state index < -0.39 is 0 Å². The number of aromatic nitrogens is 1. The van der Waals surface area contributed by atoms with Crippen LogP contribution in [0.2, 0.25) is 0 Å². The third-order valence-electron chi connectivity index (χ3n) is 3.61. The fourth-order valence-electron chi connectivity index (χ4n) is 2.33. The van der Waals surface area contributed by atoms with Crippen molar-refractivity contribution in [3.63, 3.8) is 0 Å². The topological polar surface area (TPSA) is 24.9 Å². The Balaban J connectivity index is 1.94. The van der Waals surface area contributed by atoms with Crippen LogP contribution in [0.5, 0.6) is 0 Å². The summed E-state index contributed by atoms with van der Waals surface area (Å²) in [4.78, 5) is 6.33. The Morgan fingerprint density at radius 3 is 2.71 bits per heavy atom. The minimum Gasteiger partial charge on any atom is -0.309 e. The van der Waals surface area contributed by atoms with E-state index in [1.54, 1.807) is 0 Å². The number of halogens is 1. The highest BCUT2D eigenvalue weighted by Crippen LogP contribution is 2.35. The maximum Gasteiger partial charge on any atom is 0.123 e. The molecule has 0 spiro atoms. The Labute approximate surface area is 139 Å². The zero-order valence-electron chi connectivity index (χ0n) is 12.7. The molecule has 112 valence electrons. The van der Waals surface area contributed by atoms with Crippen LogP contribution >= 0.6 is 27.3 Å². The molecule has 2 nitrogen and oxygen atoms in total. The van der Waals surface area contributed by atoms with Gasteiger partial charge in [0.2, 0.25) is 0 Å². The average Bonchev–Trinajstić information content (AvgIpc) is 3.13. The zero-order chi connectivity index (χ0) is 15.0. The number of rotatable bonds is 4. The molecule has 1 aromatic heterocycles. The molecule has 1 saturated carbocycles. The number of thiazole rings is 1. The first-order valence-corrected chi connectivity index (χ1v) is 9.04. The molecule has 0 unspecified atom stereocenters.